The molecule has 2 aliphatic rings. The molecule has 4 heteroatoms. The Morgan fingerprint density at radius 3 is 2.67 bits per heavy atom. The SMILES string of the molecule is C[C@H](c1ccc2ccccc2c1)N1C=CCC(N2CCOCC2)=N1. The average molecular weight is 321 g/mol. The van der Waals surface area contributed by atoms with Gasteiger partial charge in [0.25, 0.3) is 0 Å². The van der Waals surface area contributed by atoms with Crippen LogP contribution in [0.4, 0.5) is 0 Å². The van der Waals surface area contributed by atoms with Crippen LogP contribution in [0.1, 0.15) is 24.9 Å². The van der Waals surface area contributed by atoms with E-state index in [0.29, 0.717) is 0 Å². The third kappa shape index (κ3) is 3.02. The van der Waals surface area contributed by atoms with E-state index in [2.05, 4.69) is 71.6 Å². The number of morpholine rings is 1. The van der Waals surface area contributed by atoms with Crippen LogP contribution in [0.15, 0.2) is 59.8 Å². The molecule has 124 valence electrons. The van der Waals surface area contributed by atoms with Crippen LogP contribution in [0.3, 0.4) is 0 Å². The highest BCUT2D eigenvalue weighted by atomic mass is 16.5. The van der Waals surface area contributed by atoms with Crippen molar-refractivity contribution in [2.75, 3.05) is 26.3 Å². The molecule has 2 aliphatic heterocycles. The number of rotatable bonds is 2. The van der Waals surface area contributed by atoms with Crippen molar-refractivity contribution in [2.45, 2.75) is 19.4 Å². The lowest BCUT2D eigenvalue weighted by molar-refractivity contribution is 0.0662. The van der Waals surface area contributed by atoms with Gasteiger partial charge < -0.3 is 9.64 Å². The molecule has 0 radical (unpaired) electrons. The molecule has 4 nitrogen and oxygen atoms in total. The first kappa shape index (κ1) is 15.2. The highest BCUT2D eigenvalue weighted by Crippen LogP contribution is 2.26. The highest BCUT2D eigenvalue weighted by molar-refractivity contribution is 5.84. The van der Waals surface area contributed by atoms with Crippen LogP contribution in [0.2, 0.25) is 0 Å². The van der Waals surface area contributed by atoms with Gasteiger partial charge >= 0.3 is 0 Å². The van der Waals surface area contributed by atoms with Gasteiger partial charge in [0, 0.05) is 25.7 Å². The Morgan fingerprint density at radius 1 is 1.04 bits per heavy atom. The molecule has 0 unspecified atom stereocenters. The summed E-state index contributed by atoms with van der Waals surface area (Å²) in [6.07, 6.45) is 5.21. The van der Waals surface area contributed by atoms with Gasteiger partial charge in [-0.2, -0.15) is 5.10 Å². The van der Waals surface area contributed by atoms with E-state index in [1.54, 1.807) is 0 Å². The molecule has 24 heavy (non-hydrogen) atoms. The van der Waals surface area contributed by atoms with Gasteiger partial charge in [0.05, 0.1) is 19.3 Å². The minimum Gasteiger partial charge on any atom is -0.378 e. The molecule has 0 saturated carbocycles. The number of ether oxygens (including phenoxy) is 1. The third-order valence-electron chi connectivity index (χ3n) is 4.82. The van der Waals surface area contributed by atoms with Crippen molar-refractivity contribution < 1.29 is 4.74 Å². The first-order valence-corrected chi connectivity index (χ1v) is 8.65. The first-order chi connectivity index (χ1) is 11.8. The van der Waals surface area contributed by atoms with Crippen molar-refractivity contribution in [2.24, 2.45) is 5.10 Å². The molecular weight excluding hydrogens is 298 g/mol. The lowest BCUT2D eigenvalue weighted by Crippen LogP contribution is -2.42. The zero-order valence-corrected chi connectivity index (χ0v) is 14.1. The maximum atomic E-state index is 5.45. The van der Waals surface area contributed by atoms with Gasteiger partial charge in [-0.05, 0) is 29.3 Å². The average Bonchev–Trinajstić information content (AvgIpc) is 2.68. The van der Waals surface area contributed by atoms with Gasteiger partial charge in [0.1, 0.15) is 5.84 Å². The van der Waals surface area contributed by atoms with E-state index < -0.39 is 0 Å². The fraction of sp³-hybridized carbons (Fsp3) is 0.350. The summed E-state index contributed by atoms with van der Waals surface area (Å²) in [5, 5.41) is 9.53. The lowest BCUT2D eigenvalue weighted by Gasteiger charge is -2.34. The standard InChI is InChI=1S/C20H23N3O/c1-16(18-9-8-17-5-2-3-6-19(17)15-18)23-10-4-7-20(21-23)22-11-13-24-14-12-22/h2-6,8-10,15-16H,7,11-14H2,1H3/t16-/m1/s1. The maximum Gasteiger partial charge on any atom is 0.129 e. The molecule has 1 saturated heterocycles. The molecule has 2 heterocycles. The van der Waals surface area contributed by atoms with E-state index >= 15 is 0 Å². The minimum atomic E-state index is 0.210. The lowest BCUT2D eigenvalue weighted by atomic mass is 10.0. The van der Waals surface area contributed by atoms with Gasteiger partial charge in [-0.1, -0.05) is 42.5 Å². The molecular formula is C20H23N3O. The second-order valence-corrected chi connectivity index (χ2v) is 6.37. The molecule has 0 N–H and O–H groups in total. The molecule has 2 aromatic carbocycles. The van der Waals surface area contributed by atoms with Crippen LogP contribution in [-0.4, -0.2) is 42.0 Å². The highest BCUT2D eigenvalue weighted by Gasteiger charge is 2.20. The van der Waals surface area contributed by atoms with Gasteiger partial charge in [-0.25, -0.2) is 0 Å². The molecule has 0 bridgehead atoms. The van der Waals surface area contributed by atoms with Crippen LogP contribution < -0.4 is 0 Å². The first-order valence-electron chi connectivity index (χ1n) is 8.65. The predicted octanol–water partition coefficient (Wildman–Crippen LogP) is 3.77. The summed E-state index contributed by atoms with van der Waals surface area (Å²) in [5.41, 5.74) is 1.28. The largest absolute Gasteiger partial charge is 0.378 e. The number of fused-ring (bicyclic) bond motifs is 1. The molecule has 4 rings (SSSR count). The zero-order valence-electron chi connectivity index (χ0n) is 14.1. The minimum absolute atomic E-state index is 0.210. The van der Waals surface area contributed by atoms with Crippen molar-refractivity contribution in [3.8, 4) is 0 Å². The van der Waals surface area contributed by atoms with E-state index in [1.807, 2.05) is 0 Å². The van der Waals surface area contributed by atoms with Gasteiger partial charge in [0.2, 0.25) is 0 Å². The fourth-order valence-electron chi connectivity index (χ4n) is 3.32. The Morgan fingerprint density at radius 2 is 1.83 bits per heavy atom. The Bertz CT molecular complexity index is 777. The number of benzene rings is 2. The predicted molar refractivity (Wildman–Crippen MR) is 97.8 cm³/mol. The molecule has 0 aromatic heterocycles. The van der Waals surface area contributed by atoms with Gasteiger partial charge in [-0.15, -0.1) is 0 Å². The van der Waals surface area contributed by atoms with Crippen molar-refractivity contribution in [3.63, 3.8) is 0 Å². The van der Waals surface area contributed by atoms with Crippen LogP contribution >= 0.6 is 0 Å². The van der Waals surface area contributed by atoms with Crippen molar-refractivity contribution in [1.29, 1.82) is 0 Å². The van der Waals surface area contributed by atoms with E-state index in [9.17, 15) is 0 Å². The van der Waals surface area contributed by atoms with Crippen molar-refractivity contribution >= 4 is 16.6 Å². The summed E-state index contributed by atoms with van der Waals surface area (Å²) in [6, 6.07) is 15.4. The Balaban J connectivity index is 1.57. The number of hydrazone groups is 1. The van der Waals surface area contributed by atoms with Gasteiger partial charge in [0.15, 0.2) is 0 Å². The Labute approximate surface area is 143 Å². The number of amidine groups is 1. The second-order valence-electron chi connectivity index (χ2n) is 6.37. The van der Waals surface area contributed by atoms with Crippen molar-refractivity contribution in [1.82, 2.24) is 9.91 Å². The van der Waals surface area contributed by atoms with E-state index in [0.717, 1.165) is 38.6 Å². The summed E-state index contributed by atoms with van der Waals surface area (Å²) < 4.78 is 5.45. The Kier molecular flexibility index (Phi) is 4.22. The van der Waals surface area contributed by atoms with E-state index in [1.165, 1.54) is 16.3 Å². The van der Waals surface area contributed by atoms with Crippen LogP contribution in [0, 0.1) is 0 Å². The maximum absolute atomic E-state index is 5.45. The zero-order chi connectivity index (χ0) is 16.4. The smallest absolute Gasteiger partial charge is 0.129 e. The topological polar surface area (TPSA) is 28.1 Å². The molecule has 0 amide bonds. The quantitative estimate of drug-likeness (QED) is 0.843. The monoisotopic (exact) mass is 321 g/mol. The summed E-state index contributed by atoms with van der Waals surface area (Å²) >= 11 is 0. The summed E-state index contributed by atoms with van der Waals surface area (Å²) in [7, 11) is 0. The summed E-state index contributed by atoms with van der Waals surface area (Å²) in [4.78, 5) is 2.34. The number of nitrogens with zero attached hydrogens (tertiary/aromatic N) is 3. The van der Waals surface area contributed by atoms with Crippen LogP contribution in [0.5, 0.6) is 0 Å². The summed E-state index contributed by atoms with van der Waals surface area (Å²) in [6.45, 7) is 5.67. The number of hydrogen-bond donors (Lipinski definition) is 0. The molecule has 1 atom stereocenters. The third-order valence-corrected chi connectivity index (χ3v) is 4.82. The van der Waals surface area contributed by atoms with E-state index in [-0.39, 0.29) is 6.04 Å². The van der Waals surface area contributed by atoms with E-state index in [4.69, 9.17) is 9.84 Å². The molecule has 0 spiro atoms. The fourth-order valence-corrected chi connectivity index (χ4v) is 3.32. The van der Waals surface area contributed by atoms with Gasteiger partial charge in [-0.3, -0.25) is 5.01 Å². The Hall–Kier alpha value is -2.33. The molecule has 2 aromatic rings. The normalized spacial score (nSPS) is 19.5. The molecule has 0 aliphatic carbocycles. The molecule has 1 fully saturated rings. The van der Waals surface area contributed by atoms with Crippen LogP contribution in [-0.2, 0) is 4.74 Å². The number of hydrogen-bond acceptors (Lipinski definition) is 4. The van der Waals surface area contributed by atoms with Crippen molar-refractivity contribution in [3.05, 3.63) is 60.3 Å². The second kappa shape index (κ2) is 6.65. The van der Waals surface area contributed by atoms with Crippen LogP contribution in [0.25, 0.3) is 10.8 Å². The summed E-state index contributed by atoms with van der Waals surface area (Å²) in [5.74, 6) is 1.15.